The fourth-order valence-electron chi connectivity index (χ4n) is 2.53. The summed E-state index contributed by atoms with van der Waals surface area (Å²) in [6.45, 7) is 9.72. The molecule has 0 spiro atoms. The largest absolute Gasteiger partial charge is 0.411 e. The third-order valence-electron chi connectivity index (χ3n) is 4.12. The fraction of sp³-hybridized carbons (Fsp3) is 0.857. The van der Waals surface area contributed by atoms with Gasteiger partial charge in [-0.3, -0.25) is 9.69 Å². The molecule has 0 saturated carbocycles. The summed E-state index contributed by atoms with van der Waals surface area (Å²) >= 11 is 0. The Bertz CT molecular complexity index is 327. The van der Waals surface area contributed by atoms with Crippen LogP contribution in [0.5, 0.6) is 0 Å². The van der Waals surface area contributed by atoms with Crippen molar-refractivity contribution < 1.29 is 10.0 Å². The number of amides is 1. The Morgan fingerprint density at radius 3 is 2.63 bits per heavy atom. The van der Waals surface area contributed by atoms with E-state index in [0.29, 0.717) is 0 Å². The highest BCUT2D eigenvalue weighted by atomic mass is 16.4. The van der Waals surface area contributed by atoms with E-state index in [-0.39, 0.29) is 23.9 Å². The van der Waals surface area contributed by atoms with Gasteiger partial charge in [-0.25, -0.2) is 0 Å². The molecule has 2 N–H and O–H groups in total. The maximum atomic E-state index is 12.2. The number of hydrogen-bond donors (Lipinski definition) is 2. The molecule has 0 radical (unpaired) electrons. The van der Waals surface area contributed by atoms with Crippen molar-refractivity contribution in [3.05, 3.63) is 0 Å². The molecule has 5 nitrogen and oxygen atoms in total. The minimum atomic E-state index is -0.122. The summed E-state index contributed by atoms with van der Waals surface area (Å²) in [5.41, 5.74) is 0.837. The van der Waals surface area contributed by atoms with Crippen molar-refractivity contribution in [2.45, 2.75) is 59.0 Å². The molecule has 1 saturated heterocycles. The van der Waals surface area contributed by atoms with Crippen LogP contribution >= 0.6 is 0 Å². The maximum absolute atomic E-state index is 12.2. The van der Waals surface area contributed by atoms with Gasteiger partial charge in [0.15, 0.2) is 0 Å². The summed E-state index contributed by atoms with van der Waals surface area (Å²) in [6, 6.07) is 0.148. The summed E-state index contributed by atoms with van der Waals surface area (Å²) in [5.74, 6) is 0.312. The zero-order valence-corrected chi connectivity index (χ0v) is 12.5. The zero-order chi connectivity index (χ0) is 14.4. The van der Waals surface area contributed by atoms with Gasteiger partial charge in [-0.15, -0.1) is 0 Å². The Morgan fingerprint density at radius 1 is 1.53 bits per heavy atom. The zero-order valence-electron chi connectivity index (χ0n) is 12.5. The molecule has 1 fully saturated rings. The smallest absolute Gasteiger partial charge is 0.237 e. The lowest BCUT2D eigenvalue weighted by atomic mass is 9.96. The first kappa shape index (κ1) is 16.0. The van der Waals surface area contributed by atoms with E-state index in [9.17, 15) is 4.79 Å². The number of nitrogens with zero attached hydrogens (tertiary/aromatic N) is 2. The van der Waals surface area contributed by atoms with Crippen LogP contribution in [0.2, 0.25) is 0 Å². The molecule has 1 aliphatic heterocycles. The lowest BCUT2D eigenvalue weighted by Crippen LogP contribution is -2.52. The van der Waals surface area contributed by atoms with Crippen molar-refractivity contribution in [2.24, 2.45) is 11.1 Å². The van der Waals surface area contributed by atoms with Gasteiger partial charge in [0.2, 0.25) is 5.91 Å². The summed E-state index contributed by atoms with van der Waals surface area (Å²) < 4.78 is 0. The van der Waals surface area contributed by atoms with E-state index < -0.39 is 0 Å². The summed E-state index contributed by atoms with van der Waals surface area (Å²) in [7, 11) is 0. The van der Waals surface area contributed by atoms with Crippen LogP contribution in [0.3, 0.4) is 0 Å². The Kier molecular flexibility index (Phi) is 6.28. The van der Waals surface area contributed by atoms with Gasteiger partial charge in [0.05, 0.1) is 11.8 Å². The molecule has 1 rings (SSSR count). The number of rotatable bonds is 5. The molecule has 1 amide bonds. The minimum absolute atomic E-state index is 0.102. The first-order chi connectivity index (χ1) is 9.03. The molecule has 2 atom stereocenters. The van der Waals surface area contributed by atoms with Gasteiger partial charge >= 0.3 is 0 Å². The lowest BCUT2D eigenvalue weighted by Gasteiger charge is -2.35. The minimum Gasteiger partial charge on any atom is -0.411 e. The molecule has 1 heterocycles. The van der Waals surface area contributed by atoms with Crippen LogP contribution in [-0.4, -0.2) is 46.9 Å². The highest BCUT2D eigenvalue weighted by molar-refractivity contribution is 5.87. The Labute approximate surface area is 116 Å². The summed E-state index contributed by atoms with van der Waals surface area (Å²) in [4.78, 5) is 14.4. The van der Waals surface area contributed by atoms with Crippen molar-refractivity contribution in [1.82, 2.24) is 10.2 Å². The number of oxime groups is 1. The molecular formula is C14H27N3O2. The molecule has 0 aromatic rings. The molecule has 19 heavy (non-hydrogen) atoms. The van der Waals surface area contributed by atoms with Gasteiger partial charge in [-0.2, -0.15) is 0 Å². The van der Waals surface area contributed by atoms with Crippen LogP contribution in [-0.2, 0) is 4.79 Å². The monoisotopic (exact) mass is 269 g/mol. The van der Waals surface area contributed by atoms with Crippen LogP contribution in [0.15, 0.2) is 5.16 Å². The molecule has 0 aliphatic carbocycles. The van der Waals surface area contributed by atoms with Crippen LogP contribution in [0.4, 0.5) is 0 Å². The van der Waals surface area contributed by atoms with Gasteiger partial charge in [-0.1, -0.05) is 25.9 Å². The summed E-state index contributed by atoms with van der Waals surface area (Å²) in [5, 5.41) is 15.3. The van der Waals surface area contributed by atoms with Crippen LogP contribution in [0.25, 0.3) is 0 Å². The second-order valence-corrected chi connectivity index (χ2v) is 5.44. The lowest BCUT2D eigenvalue weighted by molar-refractivity contribution is -0.126. The first-order valence-corrected chi connectivity index (χ1v) is 7.28. The highest BCUT2D eigenvalue weighted by Gasteiger charge is 2.29. The van der Waals surface area contributed by atoms with Crippen molar-refractivity contribution >= 4 is 11.6 Å². The van der Waals surface area contributed by atoms with Crippen molar-refractivity contribution in [3.8, 4) is 0 Å². The number of piperidine rings is 1. The van der Waals surface area contributed by atoms with E-state index in [1.165, 1.54) is 0 Å². The molecule has 110 valence electrons. The maximum Gasteiger partial charge on any atom is 0.237 e. The van der Waals surface area contributed by atoms with E-state index in [4.69, 9.17) is 5.21 Å². The average Bonchev–Trinajstić information content (AvgIpc) is 2.43. The predicted molar refractivity (Wildman–Crippen MR) is 76.6 cm³/mol. The Hall–Kier alpha value is -1.10. The predicted octanol–water partition coefficient (Wildman–Crippen LogP) is 1.85. The van der Waals surface area contributed by atoms with E-state index in [1.54, 1.807) is 0 Å². The van der Waals surface area contributed by atoms with Crippen molar-refractivity contribution in [2.75, 3.05) is 13.1 Å². The van der Waals surface area contributed by atoms with Crippen molar-refractivity contribution in [1.29, 1.82) is 0 Å². The Balaban J connectivity index is 2.54. The van der Waals surface area contributed by atoms with Crippen molar-refractivity contribution in [3.63, 3.8) is 0 Å². The van der Waals surface area contributed by atoms with E-state index in [0.717, 1.165) is 38.1 Å². The quantitative estimate of drug-likeness (QED) is 0.591. The number of nitrogens with one attached hydrogen (secondary N) is 1. The van der Waals surface area contributed by atoms with Crippen LogP contribution in [0, 0.1) is 5.92 Å². The normalized spacial score (nSPS) is 24.7. The van der Waals surface area contributed by atoms with Gasteiger partial charge in [-0.05, 0) is 19.8 Å². The van der Waals surface area contributed by atoms with E-state index >= 15 is 0 Å². The van der Waals surface area contributed by atoms with E-state index in [2.05, 4.69) is 29.2 Å². The third kappa shape index (κ3) is 4.20. The second kappa shape index (κ2) is 7.48. The molecule has 0 bridgehead atoms. The number of likely N-dealkylation sites (tertiary alicyclic amines) is 1. The standard InChI is InChI=1S/C14H27N3O2/c1-5-12(6-2)15-14(18)11(4)17-8-7-13(16-19)10(3)9-17/h10-12,19H,5-9H2,1-4H3,(H,15,18). The Morgan fingerprint density at radius 2 is 2.16 bits per heavy atom. The molecule has 2 unspecified atom stereocenters. The molecular weight excluding hydrogens is 242 g/mol. The first-order valence-electron chi connectivity index (χ1n) is 7.28. The number of hydrogen-bond acceptors (Lipinski definition) is 4. The molecule has 1 aliphatic rings. The number of carbonyl (C=O) groups excluding carboxylic acids is 1. The van der Waals surface area contributed by atoms with Crippen LogP contribution < -0.4 is 5.32 Å². The molecule has 0 aromatic carbocycles. The summed E-state index contributed by atoms with van der Waals surface area (Å²) in [6.07, 6.45) is 2.67. The van der Waals surface area contributed by atoms with Gasteiger partial charge in [0, 0.05) is 31.5 Å². The van der Waals surface area contributed by atoms with Gasteiger partial charge in [0.25, 0.3) is 0 Å². The fourth-order valence-corrected chi connectivity index (χ4v) is 2.53. The van der Waals surface area contributed by atoms with Gasteiger partial charge < -0.3 is 10.5 Å². The van der Waals surface area contributed by atoms with Gasteiger partial charge in [0.1, 0.15) is 0 Å². The topological polar surface area (TPSA) is 64.9 Å². The number of carbonyl (C=O) groups is 1. The molecule has 5 heteroatoms. The second-order valence-electron chi connectivity index (χ2n) is 5.44. The highest BCUT2D eigenvalue weighted by Crippen LogP contribution is 2.16. The van der Waals surface area contributed by atoms with E-state index in [1.807, 2.05) is 13.8 Å². The SMILES string of the molecule is CCC(CC)NC(=O)C(C)N1CCC(=NO)C(C)C1. The van der Waals surface area contributed by atoms with Crippen LogP contribution in [0.1, 0.15) is 47.0 Å². The molecule has 0 aromatic heterocycles. The average molecular weight is 269 g/mol. The third-order valence-corrected chi connectivity index (χ3v) is 4.12.